The van der Waals surface area contributed by atoms with Gasteiger partial charge in [0.05, 0.1) is 24.8 Å². The van der Waals surface area contributed by atoms with Crippen molar-refractivity contribution in [3.8, 4) is 5.75 Å². The lowest BCUT2D eigenvalue weighted by Gasteiger charge is -2.28. The molecule has 0 radical (unpaired) electrons. The number of amides is 1. The summed E-state index contributed by atoms with van der Waals surface area (Å²) >= 11 is 0. The van der Waals surface area contributed by atoms with Crippen molar-refractivity contribution >= 4 is 5.91 Å². The van der Waals surface area contributed by atoms with Crippen LogP contribution in [0.25, 0.3) is 0 Å². The van der Waals surface area contributed by atoms with Crippen LogP contribution in [0.4, 0.5) is 4.39 Å². The third-order valence-corrected chi connectivity index (χ3v) is 3.67. The molecule has 1 aromatic carbocycles. The van der Waals surface area contributed by atoms with E-state index in [1.165, 1.54) is 19.2 Å². The standard InChI is InChI=1S/C14H18FNO3/c1-19-11-6-4-5-10(12(11)15)13(18)16-14(9-17)7-2-3-8-14/h4-6,17H,2-3,7-9H2,1H3,(H,16,18). The number of hydrogen-bond donors (Lipinski definition) is 2. The van der Waals surface area contributed by atoms with E-state index in [9.17, 15) is 14.3 Å². The molecule has 1 amide bonds. The maximum Gasteiger partial charge on any atom is 0.254 e. The van der Waals surface area contributed by atoms with Crippen LogP contribution in [-0.2, 0) is 0 Å². The van der Waals surface area contributed by atoms with Crippen molar-refractivity contribution < 1.29 is 19.0 Å². The molecule has 0 bridgehead atoms. The fourth-order valence-electron chi connectivity index (χ4n) is 2.53. The number of benzene rings is 1. The lowest BCUT2D eigenvalue weighted by atomic mass is 9.98. The third-order valence-electron chi connectivity index (χ3n) is 3.67. The van der Waals surface area contributed by atoms with Gasteiger partial charge < -0.3 is 15.2 Å². The summed E-state index contributed by atoms with van der Waals surface area (Å²) in [4.78, 5) is 12.1. The average Bonchev–Trinajstić information content (AvgIpc) is 2.88. The van der Waals surface area contributed by atoms with Gasteiger partial charge in [-0.1, -0.05) is 18.9 Å². The predicted octanol–water partition coefficient (Wildman–Crippen LogP) is 1.87. The molecule has 19 heavy (non-hydrogen) atoms. The van der Waals surface area contributed by atoms with Gasteiger partial charge in [-0.2, -0.15) is 0 Å². The van der Waals surface area contributed by atoms with Crippen LogP contribution in [0.15, 0.2) is 18.2 Å². The summed E-state index contributed by atoms with van der Waals surface area (Å²) in [5.74, 6) is -1.14. The predicted molar refractivity (Wildman–Crippen MR) is 68.7 cm³/mol. The number of halogens is 1. The van der Waals surface area contributed by atoms with Gasteiger partial charge in [0, 0.05) is 0 Å². The molecule has 0 aliphatic heterocycles. The van der Waals surface area contributed by atoms with E-state index in [1.807, 2.05) is 0 Å². The van der Waals surface area contributed by atoms with E-state index in [0.29, 0.717) is 0 Å². The second-order valence-corrected chi connectivity index (χ2v) is 4.92. The molecule has 0 aromatic heterocycles. The molecule has 0 unspecified atom stereocenters. The minimum Gasteiger partial charge on any atom is -0.494 e. The lowest BCUT2D eigenvalue weighted by Crippen LogP contribution is -2.49. The number of carbonyl (C=O) groups excluding carboxylic acids is 1. The molecule has 0 saturated heterocycles. The molecule has 1 aromatic rings. The Morgan fingerprint density at radius 3 is 2.74 bits per heavy atom. The summed E-state index contributed by atoms with van der Waals surface area (Å²) in [6, 6.07) is 4.44. The highest BCUT2D eigenvalue weighted by molar-refractivity contribution is 5.95. The highest BCUT2D eigenvalue weighted by Gasteiger charge is 2.35. The number of hydrogen-bond acceptors (Lipinski definition) is 3. The smallest absolute Gasteiger partial charge is 0.254 e. The molecular weight excluding hydrogens is 249 g/mol. The van der Waals surface area contributed by atoms with Crippen molar-refractivity contribution in [2.75, 3.05) is 13.7 Å². The topological polar surface area (TPSA) is 58.6 Å². The highest BCUT2D eigenvalue weighted by atomic mass is 19.1. The van der Waals surface area contributed by atoms with Crippen molar-refractivity contribution in [2.24, 2.45) is 0 Å². The van der Waals surface area contributed by atoms with Gasteiger partial charge in [0.25, 0.3) is 5.91 Å². The van der Waals surface area contributed by atoms with Gasteiger partial charge in [0.1, 0.15) is 0 Å². The van der Waals surface area contributed by atoms with Gasteiger partial charge >= 0.3 is 0 Å². The van der Waals surface area contributed by atoms with Crippen LogP contribution >= 0.6 is 0 Å². The first-order valence-corrected chi connectivity index (χ1v) is 6.38. The van der Waals surface area contributed by atoms with Gasteiger partial charge in [-0.05, 0) is 25.0 Å². The molecule has 0 spiro atoms. The van der Waals surface area contributed by atoms with Gasteiger partial charge in [-0.3, -0.25) is 4.79 Å². The van der Waals surface area contributed by atoms with Crippen molar-refractivity contribution in [3.63, 3.8) is 0 Å². The number of aliphatic hydroxyl groups is 1. The Morgan fingerprint density at radius 2 is 2.16 bits per heavy atom. The zero-order chi connectivity index (χ0) is 13.9. The summed E-state index contributed by atoms with van der Waals surface area (Å²) in [6.07, 6.45) is 3.37. The molecule has 2 N–H and O–H groups in total. The van der Waals surface area contributed by atoms with E-state index in [2.05, 4.69) is 5.32 Å². The fraction of sp³-hybridized carbons (Fsp3) is 0.500. The maximum absolute atomic E-state index is 14.0. The molecule has 0 heterocycles. The second-order valence-electron chi connectivity index (χ2n) is 4.92. The molecule has 5 heteroatoms. The summed E-state index contributed by atoms with van der Waals surface area (Å²) in [5.41, 5.74) is -0.661. The summed E-state index contributed by atoms with van der Waals surface area (Å²) in [7, 11) is 1.35. The number of carbonyl (C=O) groups is 1. The van der Waals surface area contributed by atoms with Crippen molar-refractivity contribution in [1.82, 2.24) is 5.32 Å². The number of rotatable bonds is 4. The Morgan fingerprint density at radius 1 is 1.47 bits per heavy atom. The first kappa shape index (κ1) is 13.8. The van der Waals surface area contributed by atoms with E-state index in [1.54, 1.807) is 6.07 Å². The Bertz CT molecular complexity index is 470. The number of ether oxygens (including phenoxy) is 1. The lowest BCUT2D eigenvalue weighted by molar-refractivity contribution is 0.0833. The number of aliphatic hydroxyl groups excluding tert-OH is 1. The Balaban J connectivity index is 2.20. The van der Waals surface area contributed by atoms with Crippen molar-refractivity contribution in [2.45, 2.75) is 31.2 Å². The van der Waals surface area contributed by atoms with Crippen LogP contribution in [0.1, 0.15) is 36.0 Å². The molecule has 104 valence electrons. The molecule has 4 nitrogen and oxygen atoms in total. The monoisotopic (exact) mass is 267 g/mol. The Labute approximate surface area is 111 Å². The van der Waals surface area contributed by atoms with Crippen LogP contribution < -0.4 is 10.1 Å². The zero-order valence-electron chi connectivity index (χ0n) is 10.9. The van der Waals surface area contributed by atoms with Gasteiger partial charge in [0.2, 0.25) is 0 Å². The van der Waals surface area contributed by atoms with E-state index >= 15 is 0 Å². The normalized spacial score (nSPS) is 17.2. The first-order chi connectivity index (χ1) is 9.12. The third kappa shape index (κ3) is 2.71. The number of methoxy groups -OCH3 is 1. The van der Waals surface area contributed by atoms with Crippen LogP contribution in [-0.4, -0.2) is 30.3 Å². The largest absolute Gasteiger partial charge is 0.494 e. The zero-order valence-corrected chi connectivity index (χ0v) is 10.9. The summed E-state index contributed by atoms with van der Waals surface area (Å²) < 4.78 is 18.8. The molecular formula is C14H18FNO3. The van der Waals surface area contributed by atoms with Crippen molar-refractivity contribution in [1.29, 1.82) is 0 Å². The Hall–Kier alpha value is -1.62. The van der Waals surface area contributed by atoms with Crippen LogP contribution in [0.5, 0.6) is 5.75 Å². The summed E-state index contributed by atoms with van der Waals surface area (Å²) in [5, 5.41) is 12.2. The van der Waals surface area contributed by atoms with Crippen molar-refractivity contribution in [3.05, 3.63) is 29.6 Å². The molecule has 2 rings (SSSR count). The Kier molecular flexibility index (Phi) is 4.04. The van der Waals surface area contributed by atoms with Crippen LogP contribution in [0, 0.1) is 5.82 Å². The first-order valence-electron chi connectivity index (χ1n) is 6.38. The van der Waals surface area contributed by atoms with Gasteiger partial charge in [-0.25, -0.2) is 4.39 Å². The fourth-order valence-corrected chi connectivity index (χ4v) is 2.53. The minimum absolute atomic E-state index is 0.0390. The van der Waals surface area contributed by atoms with E-state index in [-0.39, 0.29) is 17.9 Å². The highest BCUT2D eigenvalue weighted by Crippen LogP contribution is 2.30. The minimum atomic E-state index is -0.673. The quantitative estimate of drug-likeness (QED) is 0.875. The summed E-state index contributed by atoms with van der Waals surface area (Å²) in [6.45, 7) is -0.121. The van der Waals surface area contributed by atoms with Crippen LogP contribution in [0.2, 0.25) is 0 Å². The van der Waals surface area contributed by atoms with E-state index in [0.717, 1.165) is 25.7 Å². The molecule has 1 saturated carbocycles. The second kappa shape index (κ2) is 5.57. The molecule has 1 aliphatic rings. The van der Waals surface area contributed by atoms with Gasteiger partial charge in [-0.15, -0.1) is 0 Å². The molecule has 1 aliphatic carbocycles. The maximum atomic E-state index is 14.0. The number of nitrogens with one attached hydrogen (secondary N) is 1. The molecule has 0 atom stereocenters. The molecule has 1 fully saturated rings. The van der Waals surface area contributed by atoms with E-state index in [4.69, 9.17) is 4.74 Å². The van der Waals surface area contributed by atoms with Gasteiger partial charge in [0.15, 0.2) is 11.6 Å². The van der Waals surface area contributed by atoms with E-state index < -0.39 is 17.3 Å². The van der Waals surface area contributed by atoms with Crippen LogP contribution in [0.3, 0.4) is 0 Å². The average molecular weight is 267 g/mol. The SMILES string of the molecule is COc1cccc(C(=O)NC2(CO)CCCC2)c1F.